The van der Waals surface area contributed by atoms with E-state index in [0.717, 1.165) is 0 Å². The van der Waals surface area contributed by atoms with Gasteiger partial charge in [-0.05, 0) is 18.2 Å². The van der Waals surface area contributed by atoms with E-state index in [1.807, 2.05) is 6.07 Å². The Balaban J connectivity index is 2.79. The van der Waals surface area contributed by atoms with Crippen molar-refractivity contribution in [3.63, 3.8) is 0 Å². The highest BCUT2D eigenvalue weighted by molar-refractivity contribution is 5.99. The lowest BCUT2D eigenvalue weighted by Crippen LogP contribution is -1.97. The van der Waals surface area contributed by atoms with Crippen molar-refractivity contribution in [1.82, 2.24) is 0 Å². The molecule has 0 fully saturated rings. The van der Waals surface area contributed by atoms with Crippen LogP contribution in [0.3, 0.4) is 0 Å². The van der Waals surface area contributed by atoms with Crippen molar-refractivity contribution in [1.29, 1.82) is 5.26 Å². The Kier molecular flexibility index (Phi) is 2.84. The van der Waals surface area contributed by atoms with E-state index in [4.69, 9.17) is 5.26 Å². The van der Waals surface area contributed by atoms with Crippen LogP contribution in [0.1, 0.15) is 6.42 Å². The van der Waals surface area contributed by atoms with Gasteiger partial charge in [-0.15, -0.1) is 5.73 Å². The molecule has 0 aliphatic heterocycles. The first-order chi connectivity index (χ1) is 5.84. The second-order valence-corrected chi connectivity index (χ2v) is 2.24. The molecule has 0 amide bonds. The van der Waals surface area contributed by atoms with Gasteiger partial charge in [0, 0.05) is 5.57 Å². The van der Waals surface area contributed by atoms with Crippen LogP contribution in [0.4, 0.5) is 0 Å². The highest BCUT2D eigenvalue weighted by atomic mass is 16.1. The van der Waals surface area contributed by atoms with Gasteiger partial charge in [-0.2, -0.15) is 5.26 Å². The van der Waals surface area contributed by atoms with Crippen molar-refractivity contribution >= 4 is 5.78 Å². The molecule has 0 aromatic rings. The van der Waals surface area contributed by atoms with E-state index in [9.17, 15) is 4.79 Å². The molecule has 2 nitrogen and oxygen atoms in total. The van der Waals surface area contributed by atoms with E-state index in [1.54, 1.807) is 30.4 Å². The second kappa shape index (κ2) is 4.12. The number of ketones is 1. The molecule has 1 aliphatic carbocycles. The van der Waals surface area contributed by atoms with Crippen molar-refractivity contribution < 1.29 is 4.79 Å². The fourth-order valence-electron chi connectivity index (χ4n) is 0.816. The summed E-state index contributed by atoms with van der Waals surface area (Å²) in [6, 6.07) is 1.82. The van der Waals surface area contributed by atoms with Gasteiger partial charge in [0.05, 0.1) is 12.5 Å². The highest BCUT2D eigenvalue weighted by Crippen LogP contribution is 2.04. The molecule has 0 spiro atoms. The minimum atomic E-state index is -0.151. The maximum atomic E-state index is 11.1. The van der Waals surface area contributed by atoms with E-state index in [2.05, 4.69) is 5.73 Å². The summed E-state index contributed by atoms with van der Waals surface area (Å²) in [5, 5.41) is 8.28. The van der Waals surface area contributed by atoms with Crippen LogP contribution in [0.15, 0.2) is 41.7 Å². The molecule has 0 N–H and O–H groups in total. The summed E-state index contributed by atoms with van der Waals surface area (Å²) >= 11 is 0. The molecule has 2 heteroatoms. The number of hydrogen-bond donors (Lipinski definition) is 0. The number of nitrogens with zero attached hydrogens (tertiary/aromatic N) is 1. The van der Waals surface area contributed by atoms with Gasteiger partial charge in [0.25, 0.3) is 0 Å². The smallest absolute Gasteiger partial charge is 0.176 e. The maximum absolute atomic E-state index is 11.1. The summed E-state index contributed by atoms with van der Waals surface area (Å²) in [5.41, 5.74) is 3.38. The summed E-state index contributed by atoms with van der Waals surface area (Å²) < 4.78 is 0. The summed E-state index contributed by atoms with van der Waals surface area (Å²) in [7, 11) is 0. The lowest BCUT2D eigenvalue weighted by molar-refractivity contribution is -0.114. The predicted molar refractivity (Wildman–Crippen MR) is 45.1 cm³/mol. The zero-order valence-corrected chi connectivity index (χ0v) is 6.45. The number of carbonyl (C=O) groups is 1. The average molecular weight is 157 g/mol. The summed E-state index contributed by atoms with van der Waals surface area (Å²) in [6.45, 7) is 0. The normalized spacial score (nSPS) is 13.4. The van der Waals surface area contributed by atoms with Gasteiger partial charge in [0.1, 0.15) is 0 Å². The third kappa shape index (κ3) is 2.09. The number of rotatable bonds is 2. The second-order valence-electron chi connectivity index (χ2n) is 2.24. The van der Waals surface area contributed by atoms with Crippen LogP contribution >= 0.6 is 0 Å². The molecule has 0 unspecified atom stereocenters. The van der Waals surface area contributed by atoms with Crippen molar-refractivity contribution in [2.45, 2.75) is 6.42 Å². The van der Waals surface area contributed by atoms with Crippen LogP contribution < -0.4 is 0 Å². The summed E-state index contributed by atoms with van der Waals surface area (Å²) in [4.78, 5) is 11.1. The topological polar surface area (TPSA) is 40.9 Å². The van der Waals surface area contributed by atoms with Crippen molar-refractivity contribution in [2.75, 3.05) is 0 Å². The molecular weight excluding hydrogens is 150 g/mol. The first-order valence-corrected chi connectivity index (χ1v) is 3.54. The predicted octanol–water partition coefficient (Wildman–Crippen LogP) is 1.68. The van der Waals surface area contributed by atoms with E-state index >= 15 is 0 Å². The van der Waals surface area contributed by atoms with Crippen molar-refractivity contribution in [2.24, 2.45) is 0 Å². The number of allylic oxidation sites excluding steroid dienone is 5. The number of Topliss-reactive ketones (excluding diaryl/α,β-unsaturated/α-hetero) is 1. The lowest BCUT2D eigenvalue weighted by Gasteiger charge is -1.92. The van der Waals surface area contributed by atoms with E-state index in [-0.39, 0.29) is 12.2 Å². The zero-order valence-electron chi connectivity index (χ0n) is 6.45. The van der Waals surface area contributed by atoms with E-state index in [0.29, 0.717) is 5.57 Å². The van der Waals surface area contributed by atoms with Gasteiger partial charge >= 0.3 is 0 Å². The van der Waals surface area contributed by atoms with Gasteiger partial charge in [-0.25, -0.2) is 0 Å². The molecule has 0 saturated heterocycles. The van der Waals surface area contributed by atoms with Crippen molar-refractivity contribution in [3.8, 4) is 6.07 Å². The van der Waals surface area contributed by atoms with E-state index in [1.165, 1.54) is 0 Å². The van der Waals surface area contributed by atoms with Gasteiger partial charge in [0.15, 0.2) is 5.78 Å². The molecule has 1 rings (SSSR count). The van der Waals surface area contributed by atoms with Crippen LogP contribution in [0, 0.1) is 11.3 Å². The Bertz CT molecular complexity index is 347. The third-order valence-electron chi connectivity index (χ3n) is 1.39. The molecule has 0 aromatic heterocycles. The molecule has 12 heavy (non-hydrogen) atoms. The maximum Gasteiger partial charge on any atom is 0.176 e. The van der Waals surface area contributed by atoms with Crippen LogP contribution in [0.2, 0.25) is 0 Å². The fraction of sp³-hybridized carbons (Fsp3) is 0.100. The Labute approximate surface area is 70.8 Å². The first-order valence-electron chi connectivity index (χ1n) is 3.54. The van der Waals surface area contributed by atoms with Crippen LogP contribution in [0.25, 0.3) is 0 Å². The summed E-state index contributed by atoms with van der Waals surface area (Å²) in [5.74, 6) is -0.151. The molecule has 0 saturated carbocycles. The monoisotopic (exact) mass is 157 g/mol. The largest absolute Gasteiger partial charge is 0.293 e. The van der Waals surface area contributed by atoms with Crippen LogP contribution in [0.5, 0.6) is 0 Å². The standard InChI is InChI=1S/C10H7NO/c11-8-7-10(12)9-5-3-1-2-4-6-9/h1,3-6H,7H2. The fourth-order valence-corrected chi connectivity index (χ4v) is 0.816. The average Bonchev–Trinajstić information content (AvgIpc) is 2.32. The molecule has 0 radical (unpaired) electrons. The van der Waals surface area contributed by atoms with Gasteiger partial charge in [-0.3, -0.25) is 4.79 Å². The van der Waals surface area contributed by atoms with Crippen LogP contribution in [-0.2, 0) is 4.79 Å². The number of nitriles is 1. The van der Waals surface area contributed by atoms with Gasteiger partial charge < -0.3 is 0 Å². The van der Waals surface area contributed by atoms with Gasteiger partial charge in [0.2, 0.25) is 0 Å². The Morgan fingerprint density at radius 1 is 1.58 bits per heavy atom. The first kappa shape index (κ1) is 8.26. The molecule has 0 atom stereocenters. The zero-order chi connectivity index (χ0) is 8.81. The molecule has 0 bridgehead atoms. The Morgan fingerprint density at radius 2 is 2.42 bits per heavy atom. The quantitative estimate of drug-likeness (QED) is 0.572. The minimum absolute atomic E-state index is 0.0655. The number of carbonyl (C=O) groups excluding carboxylic acids is 1. The molecule has 58 valence electrons. The Hall–Kier alpha value is -1.84. The Morgan fingerprint density at radius 3 is 3.17 bits per heavy atom. The molecule has 0 heterocycles. The third-order valence-corrected chi connectivity index (χ3v) is 1.39. The number of hydrogen-bond acceptors (Lipinski definition) is 2. The molecule has 0 aromatic carbocycles. The highest BCUT2D eigenvalue weighted by Gasteiger charge is 2.04. The van der Waals surface area contributed by atoms with Gasteiger partial charge in [-0.1, -0.05) is 12.2 Å². The lowest BCUT2D eigenvalue weighted by atomic mass is 10.1. The SMILES string of the molecule is N#CCC(=O)C1=CC=C=CC=C1. The summed E-state index contributed by atoms with van der Waals surface area (Å²) in [6.07, 6.45) is 8.36. The van der Waals surface area contributed by atoms with E-state index < -0.39 is 0 Å². The van der Waals surface area contributed by atoms with Crippen molar-refractivity contribution in [3.05, 3.63) is 41.7 Å². The minimum Gasteiger partial charge on any atom is -0.293 e. The molecule has 1 aliphatic rings. The van der Waals surface area contributed by atoms with Crippen LogP contribution in [-0.4, -0.2) is 5.78 Å². The molecular formula is C10H7NO.